The monoisotopic (exact) mass is 333 g/mol. The number of amides is 1. The Morgan fingerprint density at radius 3 is 2.71 bits per heavy atom. The zero-order valence-corrected chi connectivity index (χ0v) is 13.2. The van der Waals surface area contributed by atoms with Crippen molar-refractivity contribution >= 4 is 39.7 Å². The lowest BCUT2D eigenvalue weighted by Crippen LogP contribution is -2.27. The van der Waals surface area contributed by atoms with E-state index in [4.69, 9.17) is 17.3 Å². The third kappa shape index (κ3) is 4.68. The van der Waals surface area contributed by atoms with E-state index in [1.807, 2.05) is 6.92 Å². The Morgan fingerprint density at radius 2 is 2.19 bits per heavy atom. The fourth-order valence-corrected chi connectivity index (χ4v) is 2.21. The predicted molar refractivity (Wildman–Crippen MR) is 83.0 cm³/mol. The molecule has 2 atom stereocenters. The van der Waals surface area contributed by atoms with Gasteiger partial charge in [0.25, 0.3) is 11.6 Å². The van der Waals surface area contributed by atoms with E-state index >= 15 is 0 Å². The van der Waals surface area contributed by atoms with Crippen molar-refractivity contribution in [3.8, 4) is 0 Å². The van der Waals surface area contributed by atoms with Crippen LogP contribution in [0, 0.1) is 10.1 Å². The molecule has 1 amide bonds. The maximum Gasteiger partial charge on any atom is 0.294 e. The average Bonchev–Trinajstić information content (AvgIpc) is 2.40. The summed E-state index contributed by atoms with van der Waals surface area (Å²) in [5, 5.41) is 13.3. The lowest BCUT2D eigenvalue weighted by molar-refractivity contribution is -0.383. The van der Waals surface area contributed by atoms with E-state index in [9.17, 15) is 19.1 Å². The Balaban J connectivity index is 2.79. The van der Waals surface area contributed by atoms with Crippen LogP contribution in [0.4, 0.5) is 11.4 Å². The van der Waals surface area contributed by atoms with Gasteiger partial charge in [0.15, 0.2) is 0 Å². The predicted octanol–water partition coefficient (Wildman–Crippen LogP) is 1.72. The summed E-state index contributed by atoms with van der Waals surface area (Å²) < 4.78 is 11.2. The number of carbonyl (C=O) groups is 1. The van der Waals surface area contributed by atoms with E-state index < -0.39 is 27.3 Å². The number of halogens is 1. The van der Waals surface area contributed by atoms with Crippen LogP contribution in [0.2, 0.25) is 5.02 Å². The second-order valence-corrected chi connectivity index (χ2v) is 6.71. The number of anilines is 1. The molecule has 0 radical (unpaired) electrons. The number of nitro groups is 1. The van der Waals surface area contributed by atoms with Gasteiger partial charge in [-0.2, -0.15) is 0 Å². The zero-order chi connectivity index (χ0) is 16.2. The third-order valence-corrected chi connectivity index (χ3v) is 4.65. The van der Waals surface area contributed by atoms with Crippen molar-refractivity contribution < 1.29 is 13.9 Å². The summed E-state index contributed by atoms with van der Waals surface area (Å²) in [4.78, 5) is 22.1. The first kappa shape index (κ1) is 17.4. The van der Waals surface area contributed by atoms with Crippen LogP contribution in [-0.2, 0) is 10.8 Å². The van der Waals surface area contributed by atoms with Crippen LogP contribution in [0.5, 0.6) is 0 Å². The molecule has 116 valence electrons. The number of nitrogens with two attached hydrogens (primary N) is 1. The molecule has 0 aliphatic rings. The number of hydrogen-bond donors (Lipinski definition) is 2. The minimum absolute atomic E-state index is 0.0441. The highest BCUT2D eigenvalue weighted by Crippen LogP contribution is 2.30. The molecule has 1 aromatic rings. The third-order valence-electron chi connectivity index (χ3n) is 2.97. The molecule has 0 fully saturated rings. The summed E-state index contributed by atoms with van der Waals surface area (Å²) in [5.41, 5.74) is 4.97. The van der Waals surface area contributed by atoms with Crippen molar-refractivity contribution in [2.24, 2.45) is 0 Å². The van der Waals surface area contributed by atoms with Crippen molar-refractivity contribution in [2.45, 2.75) is 18.6 Å². The molecular formula is C12H16ClN3O4S. The molecule has 9 heteroatoms. The summed E-state index contributed by atoms with van der Waals surface area (Å²) in [6.07, 6.45) is 2.13. The Kier molecular flexibility index (Phi) is 6.10. The molecule has 0 bridgehead atoms. The van der Waals surface area contributed by atoms with E-state index in [0.717, 1.165) is 6.07 Å². The standard InChI is InChI=1S/C12H16ClN3O4S/c1-7(21(2)20)3-4-15-12(17)8-5-9(13)11(14)10(6-8)16(18)19/h5-7H,3-4,14H2,1-2H3,(H,15,17). The number of hydrogen-bond acceptors (Lipinski definition) is 5. The lowest BCUT2D eigenvalue weighted by atomic mass is 10.1. The maximum atomic E-state index is 11.9. The Labute approximate surface area is 129 Å². The van der Waals surface area contributed by atoms with Crippen molar-refractivity contribution in [1.82, 2.24) is 5.32 Å². The largest absolute Gasteiger partial charge is 0.392 e. The molecule has 0 saturated carbocycles. The summed E-state index contributed by atoms with van der Waals surface area (Å²) in [6, 6.07) is 2.36. The van der Waals surface area contributed by atoms with Crippen molar-refractivity contribution in [3.63, 3.8) is 0 Å². The van der Waals surface area contributed by atoms with Crippen molar-refractivity contribution in [1.29, 1.82) is 0 Å². The molecule has 1 aromatic carbocycles. The minimum atomic E-state index is -0.964. The Morgan fingerprint density at radius 1 is 1.57 bits per heavy atom. The summed E-state index contributed by atoms with van der Waals surface area (Å²) in [7, 11) is -0.964. The molecule has 0 heterocycles. The summed E-state index contributed by atoms with van der Waals surface area (Å²) >= 11 is 5.78. The van der Waals surface area contributed by atoms with Gasteiger partial charge in [0, 0.05) is 40.5 Å². The van der Waals surface area contributed by atoms with Gasteiger partial charge in [0.2, 0.25) is 0 Å². The van der Waals surface area contributed by atoms with Crippen LogP contribution in [-0.4, -0.2) is 33.1 Å². The van der Waals surface area contributed by atoms with Crippen molar-refractivity contribution in [2.75, 3.05) is 18.5 Å². The quantitative estimate of drug-likeness (QED) is 0.467. The molecule has 1 rings (SSSR count). The molecule has 0 aromatic heterocycles. The highest BCUT2D eigenvalue weighted by Gasteiger charge is 2.19. The van der Waals surface area contributed by atoms with E-state index in [-0.39, 0.29) is 21.5 Å². The number of nitrogens with zero attached hydrogens (tertiary/aromatic N) is 1. The molecule has 0 saturated heterocycles. The van der Waals surface area contributed by atoms with Gasteiger partial charge < -0.3 is 11.1 Å². The average molecular weight is 334 g/mol. The Bertz CT molecular complexity index is 594. The van der Waals surface area contributed by atoms with Gasteiger partial charge in [-0.3, -0.25) is 19.1 Å². The number of rotatable bonds is 6. The molecule has 0 aliphatic carbocycles. The first-order valence-corrected chi connectivity index (χ1v) is 8.07. The zero-order valence-electron chi connectivity index (χ0n) is 11.6. The normalized spacial score (nSPS) is 13.5. The topological polar surface area (TPSA) is 115 Å². The van der Waals surface area contributed by atoms with Gasteiger partial charge in [0.05, 0.1) is 9.95 Å². The van der Waals surface area contributed by atoms with Gasteiger partial charge in [-0.15, -0.1) is 0 Å². The second-order valence-electron chi connectivity index (χ2n) is 4.50. The van der Waals surface area contributed by atoms with Crippen LogP contribution in [0.25, 0.3) is 0 Å². The highest BCUT2D eigenvalue weighted by atomic mass is 35.5. The molecule has 0 spiro atoms. The molecule has 0 aliphatic heterocycles. The summed E-state index contributed by atoms with van der Waals surface area (Å²) in [6.45, 7) is 2.13. The lowest BCUT2D eigenvalue weighted by Gasteiger charge is -2.10. The van der Waals surface area contributed by atoms with Crippen molar-refractivity contribution in [3.05, 3.63) is 32.8 Å². The van der Waals surface area contributed by atoms with E-state index in [2.05, 4.69) is 5.32 Å². The number of benzene rings is 1. The van der Waals surface area contributed by atoms with Crippen LogP contribution in [0.15, 0.2) is 12.1 Å². The molecule has 3 N–H and O–H groups in total. The van der Waals surface area contributed by atoms with Crippen LogP contribution in [0.3, 0.4) is 0 Å². The van der Waals surface area contributed by atoms with Gasteiger partial charge in [-0.05, 0) is 12.5 Å². The second kappa shape index (κ2) is 7.37. The van der Waals surface area contributed by atoms with Crippen LogP contribution >= 0.6 is 11.6 Å². The fourth-order valence-electron chi connectivity index (χ4n) is 1.54. The molecule has 2 unspecified atom stereocenters. The minimum Gasteiger partial charge on any atom is -0.392 e. The van der Waals surface area contributed by atoms with Gasteiger partial charge >= 0.3 is 0 Å². The van der Waals surface area contributed by atoms with E-state index in [1.165, 1.54) is 6.07 Å². The van der Waals surface area contributed by atoms with Gasteiger partial charge in [0.1, 0.15) is 5.69 Å². The van der Waals surface area contributed by atoms with Gasteiger partial charge in [-0.25, -0.2) is 0 Å². The van der Waals surface area contributed by atoms with E-state index in [1.54, 1.807) is 6.26 Å². The fraction of sp³-hybridized carbons (Fsp3) is 0.417. The first-order chi connectivity index (χ1) is 9.73. The van der Waals surface area contributed by atoms with Crippen LogP contribution < -0.4 is 11.1 Å². The summed E-state index contributed by atoms with van der Waals surface area (Å²) in [5.74, 6) is -0.492. The molecule has 21 heavy (non-hydrogen) atoms. The number of nitro benzene ring substituents is 1. The molecule has 7 nitrogen and oxygen atoms in total. The maximum absolute atomic E-state index is 11.9. The number of nitrogens with one attached hydrogen (secondary N) is 1. The Hall–Kier alpha value is -1.67. The number of carbonyl (C=O) groups excluding carboxylic acids is 1. The smallest absolute Gasteiger partial charge is 0.294 e. The van der Waals surface area contributed by atoms with Crippen LogP contribution in [0.1, 0.15) is 23.7 Å². The first-order valence-electron chi connectivity index (χ1n) is 6.08. The highest BCUT2D eigenvalue weighted by molar-refractivity contribution is 7.84. The number of nitrogen functional groups attached to an aromatic ring is 1. The SMILES string of the molecule is CC(CCNC(=O)c1cc(Cl)c(N)c([N+](=O)[O-])c1)S(C)=O. The molecular weight excluding hydrogens is 318 g/mol. The van der Waals surface area contributed by atoms with E-state index in [0.29, 0.717) is 13.0 Å². The van der Waals surface area contributed by atoms with Gasteiger partial charge in [-0.1, -0.05) is 18.5 Å².